The van der Waals surface area contributed by atoms with Crippen LogP contribution in [0.2, 0.25) is 0 Å². The van der Waals surface area contributed by atoms with Crippen molar-refractivity contribution in [1.29, 1.82) is 0 Å². The van der Waals surface area contributed by atoms with E-state index in [1.807, 2.05) is 66.7 Å². The summed E-state index contributed by atoms with van der Waals surface area (Å²) in [4.78, 5) is 14.4. The Hall–Kier alpha value is -3.01. The van der Waals surface area contributed by atoms with Crippen LogP contribution in [-0.2, 0) is 6.54 Å². The average Bonchev–Trinajstić information content (AvgIpc) is 3.08. The number of carbonyl (C=O) groups is 1. The van der Waals surface area contributed by atoms with E-state index in [0.29, 0.717) is 12.1 Å². The first-order valence-corrected chi connectivity index (χ1v) is 7.43. The van der Waals surface area contributed by atoms with E-state index in [1.54, 1.807) is 18.2 Å². The van der Waals surface area contributed by atoms with Crippen LogP contribution in [0.1, 0.15) is 16.1 Å². The zero-order chi connectivity index (χ0) is 16.1. The lowest BCUT2D eigenvalue weighted by Gasteiger charge is -2.18. The van der Waals surface area contributed by atoms with Crippen molar-refractivity contribution in [2.24, 2.45) is 0 Å². The molecule has 4 nitrogen and oxygen atoms in total. The first-order valence-electron chi connectivity index (χ1n) is 7.43. The number of para-hydroxylation sites is 2. The molecule has 0 aliphatic carbocycles. The van der Waals surface area contributed by atoms with Gasteiger partial charge in [-0.2, -0.15) is 0 Å². The van der Waals surface area contributed by atoms with E-state index in [0.717, 1.165) is 17.1 Å². The molecule has 0 atom stereocenters. The molecular formula is C19H18N2O2. The molecule has 116 valence electrons. The summed E-state index contributed by atoms with van der Waals surface area (Å²) in [5, 5.41) is 3.30. The van der Waals surface area contributed by atoms with Crippen molar-refractivity contribution in [2.75, 3.05) is 12.4 Å². The average molecular weight is 306 g/mol. The van der Waals surface area contributed by atoms with Crippen LogP contribution in [-0.4, -0.2) is 17.9 Å². The lowest BCUT2D eigenvalue weighted by atomic mass is 10.1. The van der Waals surface area contributed by atoms with Crippen molar-refractivity contribution in [3.63, 3.8) is 0 Å². The minimum Gasteiger partial charge on any atom is -0.467 e. The molecule has 3 rings (SSSR count). The second-order valence-electron chi connectivity index (χ2n) is 5.28. The Labute approximate surface area is 135 Å². The van der Waals surface area contributed by atoms with Gasteiger partial charge in [0.2, 0.25) is 0 Å². The van der Waals surface area contributed by atoms with Gasteiger partial charge in [0.25, 0.3) is 5.91 Å². The summed E-state index contributed by atoms with van der Waals surface area (Å²) in [7, 11) is 1.77. The number of rotatable bonds is 5. The van der Waals surface area contributed by atoms with Crippen molar-refractivity contribution in [2.45, 2.75) is 6.54 Å². The fourth-order valence-corrected chi connectivity index (χ4v) is 2.37. The molecule has 3 aromatic rings. The fraction of sp³-hybridized carbons (Fsp3) is 0.105. The predicted octanol–water partition coefficient (Wildman–Crippen LogP) is 4.30. The van der Waals surface area contributed by atoms with Crippen molar-refractivity contribution in [1.82, 2.24) is 4.90 Å². The van der Waals surface area contributed by atoms with E-state index in [-0.39, 0.29) is 5.91 Å². The Kier molecular flexibility index (Phi) is 4.43. The molecule has 1 heterocycles. The number of hydrogen-bond acceptors (Lipinski definition) is 3. The van der Waals surface area contributed by atoms with Crippen molar-refractivity contribution >= 4 is 17.3 Å². The van der Waals surface area contributed by atoms with Crippen molar-refractivity contribution in [3.05, 3.63) is 84.3 Å². The summed E-state index contributed by atoms with van der Waals surface area (Å²) in [5.74, 6) is 0.704. The number of anilines is 2. The zero-order valence-electron chi connectivity index (χ0n) is 12.9. The molecule has 2 aromatic carbocycles. The van der Waals surface area contributed by atoms with Crippen LogP contribution in [0.15, 0.2) is 77.4 Å². The number of hydrogen-bond donors (Lipinski definition) is 1. The minimum atomic E-state index is -0.0552. The second-order valence-corrected chi connectivity index (χ2v) is 5.28. The maximum absolute atomic E-state index is 12.7. The summed E-state index contributed by atoms with van der Waals surface area (Å²) in [6.45, 7) is 0.436. The van der Waals surface area contributed by atoms with E-state index < -0.39 is 0 Å². The first-order chi connectivity index (χ1) is 11.2. The normalized spacial score (nSPS) is 10.3. The lowest BCUT2D eigenvalue weighted by Crippen LogP contribution is -2.26. The van der Waals surface area contributed by atoms with Crippen LogP contribution in [0.25, 0.3) is 0 Å². The molecule has 0 saturated heterocycles. The van der Waals surface area contributed by atoms with E-state index in [2.05, 4.69) is 5.32 Å². The molecule has 0 unspecified atom stereocenters. The Morgan fingerprint density at radius 1 is 1.00 bits per heavy atom. The fourth-order valence-electron chi connectivity index (χ4n) is 2.37. The van der Waals surface area contributed by atoms with Gasteiger partial charge in [0.05, 0.1) is 24.1 Å². The number of benzene rings is 2. The van der Waals surface area contributed by atoms with E-state index in [4.69, 9.17) is 4.42 Å². The van der Waals surface area contributed by atoms with Gasteiger partial charge in [-0.3, -0.25) is 4.79 Å². The van der Waals surface area contributed by atoms with Gasteiger partial charge >= 0.3 is 0 Å². The van der Waals surface area contributed by atoms with Crippen LogP contribution >= 0.6 is 0 Å². The lowest BCUT2D eigenvalue weighted by molar-refractivity contribution is 0.0776. The summed E-state index contributed by atoms with van der Waals surface area (Å²) in [5.41, 5.74) is 2.36. The van der Waals surface area contributed by atoms with Gasteiger partial charge in [-0.05, 0) is 36.4 Å². The summed E-state index contributed by atoms with van der Waals surface area (Å²) < 4.78 is 5.31. The maximum atomic E-state index is 12.7. The van der Waals surface area contributed by atoms with E-state index >= 15 is 0 Å². The number of carbonyl (C=O) groups excluding carboxylic acids is 1. The predicted molar refractivity (Wildman–Crippen MR) is 90.7 cm³/mol. The van der Waals surface area contributed by atoms with Gasteiger partial charge in [-0.1, -0.05) is 30.3 Å². The van der Waals surface area contributed by atoms with Gasteiger partial charge in [0, 0.05) is 12.7 Å². The summed E-state index contributed by atoms with van der Waals surface area (Å²) >= 11 is 0. The standard InChI is InChI=1S/C19H18N2O2/c1-21(14-16-10-7-13-23-16)19(22)17-11-5-6-12-18(17)20-15-8-3-2-4-9-15/h2-13,20H,14H2,1H3. The summed E-state index contributed by atoms with van der Waals surface area (Å²) in [6, 6.07) is 21.0. The molecule has 0 saturated carbocycles. The molecule has 1 N–H and O–H groups in total. The van der Waals surface area contributed by atoms with E-state index in [9.17, 15) is 4.79 Å². The first kappa shape index (κ1) is 14.9. The van der Waals surface area contributed by atoms with Gasteiger partial charge < -0.3 is 14.6 Å². The zero-order valence-corrected chi connectivity index (χ0v) is 12.9. The number of nitrogens with one attached hydrogen (secondary N) is 1. The Morgan fingerprint density at radius 2 is 1.74 bits per heavy atom. The smallest absolute Gasteiger partial charge is 0.256 e. The number of nitrogens with zero attached hydrogens (tertiary/aromatic N) is 1. The molecule has 0 bridgehead atoms. The highest BCUT2D eigenvalue weighted by molar-refractivity contribution is 6.00. The Bertz CT molecular complexity index is 767. The highest BCUT2D eigenvalue weighted by atomic mass is 16.3. The van der Waals surface area contributed by atoms with Crippen LogP contribution in [0.3, 0.4) is 0 Å². The molecule has 4 heteroatoms. The topological polar surface area (TPSA) is 45.5 Å². The minimum absolute atomic E-state index is 0.0552. The molecule has 0 fully saturated rings. The maximum Gasteiger partial charge on any atom is 0.256 e. The SMILES string of the molecule is CN(Cc1ccco1)C(=O)c1ccccc1Nc1ccccc1. The van der Waals surface area contributed by atoms with Gasteiger partial charge in [0.15, 0.2) is 0 Å². The molecular weight excluding hydrogens is 288 g/mol. The largest absolute Gasteiger partial charge is 0.467 e. The molecule has 0 aliphatic heterocycles. The highest BCUT2D eigenvalue weighted by Crippen LogP contribution is 2.22. The van der Waals surface area contributed by atoms with Crippen LogP contribution in [0.5, 0.6) is 0 Å². The second kappa shape index (κ2) is 6.83. The van der Waals surface area contributed by atoms with Crippen molar-refractivity contribution in [3.8, 4) is 0 Å². The third-order valence-electron chi connectivity index (χ3n) is 3.53. The van der Waals surface area contributed by atoms with Crippen LogP contribution < -0.4 is 5.32 Å². The monoisotopic (exact) mass is 306 g/mol. The molecule has 1 aromatic heterocycles. The molecule has 0 aliphatic rings. The number of furan rings is 1. The molecule has 23 heavy (non-hydrogen) atoms. The molecule has 1 amide bonds. The highest BCUT2D eigenvalue weighted by Gasteiger charge is 2.16. The third-order valence-corrected chi connectivity index (χ3v) is 3.53. The van der Waals surface area contributed by atoms with Gasteiger partial charge in [-0.15, -0.1) is 0 Å². The van der Waals surface area contributed by atoms with Crippen LogP contribution in [0, 0.1) is 0 Å². The quantitative estimate of drug-likeness (QED) is 0.764. The summed E-state index contributed by atoms with van der Waals surface area (Å²) in [6.07, 6.45) is 1.61. The Morgan fingerprint density at radius 3 is 2.48 bits per heavy atom. The van der Waals surface area contributed by atoms with Crippen molar-refractivity contribution < 1.29 is 9.21 Å². The van der Waals surface area contributed by atoms with E-state index in [1.165, 1.54) is 0 Å². The van der Waals surface area contributed by atoms with Crippen LogP contribution in [0.4, 0.5) is 11.4 Å². The molecule has 0 spiro atoms. The number of amides is 1. The van der Waals surface area contributed by atoms with Gasteiger partial charge in [-0.25, -0.2) is 0 Å². The molecule has 0 radical (unpaired) electrons. The third kappa shape index (κ3) is 3.61. The van der Waals surface area contributed by atoms with Gasteiger partial charge in [0.1, 0.15) is 5.76 Å². The Balaban J connectivity index is 1.80.